The molecule has 0 aromatic rings. The Bertz CT molecular complexity index is 112. The monoisotopic (exact) mass is 194 g/mol. The molecule has 12 heavy (non-hydrogen) atoms. The molecule has 0 aliphatic heterocycles. The summed E-state index contributed by atoms with van der Waals surface area (Å²) in [5.74, 6) is 0. The average Bonchev–Trinajstić information content (AvgIpc) is 1.96. The van der Waals surface area contributed by atoms with Crippen molar-refractivity contribution in [1.82, 2.24) is 0 Å². The van der Waals surface area contributed by atoms with Crippen molar-refractivity contribution >= 4 is 8.80 Å². The molecule has 0 aliphatic carbocycles. The Kier molecular flexibility index (Phi) is 5.69. The number of ether oxygens (including phenoxy) is 1. The van der Waals surface area contributed by atoms with Crippen LogP contribution in [0.5, 0.6) is 0 Å². The maximum absolute atomic E-state index is 8.63. The Morgan fingerprint density at radius 3 is 2.33 bits per heavy atom. The van der Waals surface area contributed by atoms with Gasteiger partial charge in [-0.25, -0.2) is 0 Å². The van der Waals surface area contributed by atoms with Crippen LogP contribution in [0.4, 0.5) is 0 Å². The highest BCUT2D eigenvalue weighted by molar-refractivity contribution is 6.56. The van der Waals surface area contributed by atoms with Crippen molar-refractivity contribution in [2.75, 3.05) is 6.61 Å². The first kappa shape index (κ1) is 12.1. The zero-order chi connectivity index (χ0) is 9.61. The second kappa shape index (κ2) is 5.66. The van der Waals surface area contributed by atoms with Crippen molar-refractivity contribution < 1.29 is 19.1 Å². The van der Waals surface area contributed by atoms with E-state index in [2.05, 4.69) is 0 Å². The van der Waals surface area contributed by atoms with Gasteiger partial charge in [-0.05, 0) is 19.8 Å². The summed E-state index contributed by atoms with van der Waals surface area (Å²) in [7, 11) is -3.82. The molecule has 0 radical (unpaired) electrons. The Balaban J connectivity index is 3.22. The standard InChI is InChI=1S/C7H18O4Si/c1-3-7(2)11-5-4-6-12(8,9)10/h7-10H,3-6H2,1-2H3. The van der Waals surface area contributed by atoms with Gasteiger partial charge in [0.25, 0.3) is 0 Å². The lowest BCUT2D eigenvalue weighted by Gasteiger charge is -2.12. The molecule has 0 heterocycles. The summed E-state index contributed by atoms with van der Waals surface area (Å²) in [6, 6.07) is 0.0590. The molecule has 0 saturated heterocycles. The summed E-state index contributed by atoms with van der Waals surface area (Å²) in [6.07, 6.45) is 1.65. The quantitative estimate of drug-likeness (QED) is 0.414. The van der Waals surface area contributed by atoms with Crippen molar-refractivity contribution in [3.8, 4) is 0 Å². The molecule has 5 heteroatoms. The zero-order valence-corrected chi connectivity index (χ0v) is 8.66. The largest absolute Gasteiger partial charge is 0.492 e. The van der Waals surface area contributed by atoms with Gasteiger partial charge in [-0.3, -0.25) is 0 Å². The number of hydrogen-bond donors (Lipinski definition) is 3. The molecule has 0 spiro atoms. The summed E-state index contributed by atoms with van der Waals surface area (Å²) in [6.45, 7) is 4.46. The van der Waals surface area contributed by atoms with Gasteiger partial charge in [0.1, 0.15) is 0 Å². The lowest BCUT2D eigenvalue weighted by atomic mass is 10.3. The Hall–Kier alpha value is 0.0569. The normalized spacial score (nSPS) is 14.8. The Morgan fingerprint density at radius 2 is 1.92 bits per heavy atom. The van der Waals surface area contributed by atoms with E-state index in [0.717, 1.165) is 6.42 Å². The van der Waals surface area contributed by atoms with Crippen LogP contribution in [0.3, 0.4) is 0 Å². The van der Waals surface area contributed by atoms with Crippen LogP contribution in [-0.2, 0) is 4.74 Å². The number of hydrogen-bond acceptors (Lipinski definition) is 4. The molecule has 74 valence electrons. The fourth-order valence-corrected chi connectivity index (χ4v) is 1.33. The summed E-state index contributed by atoms with van der Waals surface area (Å²) >= 11 is 0. The predicted octanol–water partition coefficient (Wildman–Crippen LogP) is 0.107. The first-order valence-corrected chi connectivity index (χ1v) is 6.29. The van der Waals surface area contributed by atoms with Crippen molar-refractivity contribution in [2.24, 2.45) is 0 Å². The summed E-state index contributed by atoms with van der Waals surface area (Å²) in [4.78, 5) is 25.9. The minimum atomic E-state index is -3.82. The third-order valence-electron chi connectivity index (χ3n) is 1.63. The molecular formula is C7H18O4Si. The average molecular weight is 194 g/mol. The summed E-state index contributed by atoms with van der Waals surface area (Å²) in [5, 5.41) is 0. The third kappa shape index (κ3) is 8.16. The highest BCUT2D eigenvalue weighted by Crippen LogP contribution is 2.03. The van der Waals surface area contributed by atoms with E-state index in [9.17, 15) is 0 Å². The van der Waals surface area contributed by atoms with E-state index in [-0.39, 0.29) is 12.1 Å². The molecule has 3 N–H and O–H groups in total. The van der Waals surface area contributed by atoms with Gasteiger partial charge in [0.05, 0.1) is 6.10 Å². The SMILES string of the molecule is CCC(C)OCCC[Si](O)(O)O. The molecule has 0 amide bonds. The lowest BCUT2D eigenvalue weighted by molar-refractivity contribution is 0.0618. The molecule has 0 bridgehead atoms. The maximum atomic E-state index is 8.63. The van der Waals surface area contributed by atoms with Crippen molar-refractivity contribution in [2.45, 2.75) is 38.8 Å². The van der Waals surface area contributed by atoms with Crippen LogP contribution in [0, 0.1) is 0 Å². The van der Waals surface area contributed by atoms with E-state index < -0.39 is 8.80 Å². The molecule has 1 atom stereocenters. The van der Waals surface area contributed by atoms with Gasteiger partial charge in [-0.2, -0.15) is 0 Å². The molecular weight excluding hydrogens is 176 g/mol. The summed E-state index contributed by atoms with van der Waals surface area (Å²) in [5.41, 5.74) is 0. The third-order valence-corrected chi connectivity index (χ3v) is 2.66. The molecule has 0 aromatic heterocycles. The topological polar surface area (TPSA) is 69.9 Å². The van der Waals surface area contributed by atoms with E-state index in [1.54, 1.807) is 0 Å². The highest BCUT2D eigenvalue weighted by atomic mass is 28.4. The first-order valence-electron chi connectivity index (χ1n) is 4.24. The van der Waals surface area contributed by atoms with Crippen LogP contribution in [0.25, 0.3) is 0 Å². The van der Waals surface area contributed by atoms with Gasteiger partial charge in [0.15, 0.2) is 0 Å². The molecule has 0 saturated carbocycles. The van der Waals surface area contributed by atoms with E-state index in [1.807, 2.05) is 13.8 Å². The van der Waals surface area contributed by atoms with E-state index in [1.165, 1.54) is 0 Å². The number of rotatable bonds is 6. The molecule has 4 nitrogen and oxygen atoms in total. The fourth-order valence-electron chi connectivity index (χ4n) is 0.712. The molecule has 0 fully saturated rings. The summed E-state index contributed by atoms with van der Waals surface area (Å²) < 4.78 is 5.28. The van der Waals surface area contributed by atoms with Gasteiger partial charge >= 0.3 is 8.80 Å². The van der Waals surface area contributed by atoms with Crippen LogP contribution in [0.1, 0.15) is 26.7 Å². The van der Waals surface area contributed by atoms with Gasteiger partial charge in [-0.1, -0.05) is 6.92 Å². The van der Waals surface area contributed by atoms with Crippen LogP contribution >= 0.6 is 0 Å². The second-order valence-electron chi connectivity index (χ2n) is 2.97. The lowest BCUT2D eigenvalue weighted by Crippen LogP contribution is -2.34. The molecule has 0 aliphatic rings. The van der Waals surface area contributed by atoms with Crippen LogP contribution in [0.15, 0.2) is 0 Å². The fraction of sp³-hybridized carbons (Fsp3) is 1.00. The van der Waals surface area contributed by atoms with Gasteiger partial charge in [0.2, 0.25) is 0 Å². The minimum Gasteiger partial charge on any atom is -0.390 e. The van der Waals surface area contributed by atoms with E-state index in [4.69, 9.17) is 19.1 Å². The van der Waals surface area contributed by atoms with Gasteiger partial charge in [-0.15, -0.1) is 0 Å². The van der Waals surface area contributed by atoms with E-state index in [0.29, 0.717) is 13.0 Å². The Morgan fingerprint density at radius 1 is 1.33 bits per heavy atom. The van der Waals surface area contributed by atoms with Crippen molar-refractivity contribution in [3.05, 3.63) is 0 Å². The molecule has 0 rings (SSSR count). The molecule has 1 unspecified atom stereocenters. The van der Waals surface area contributed by atoms with Crippen LogP contribution in [0.2, 0.25) is 6.04 Å². The van der Waals surface area contributed by atoms with Gasteiger partial charge < -0.3 is 19.1 Å². The molecule has 0 aromatic carbocycles. The maximum Gasteiger partial charge on any atom is 0.492 e. The smallest absolute Gasteiger partial charge is 0.390 e. The Labute approximate surface area is 74.2 Å². The van der Waals surface area contributed by atoms with Crippen molar-refractivity contribution in [1.29, 1.82) is 0 Å². The highest BCUT2D eigenvalue weighted by Gasteiger charge is 2.25. The van der Waals surface area contributed by atoms with Gasteiger partial charge in [0, 0.05) is 12.7 Å². The van der Waals surface area contributed by atoms with Crippen LogP contribution in [-0.4, -0.2) is 35.9 Å². The minimum absolute atomic E-state index is 0.0590. The predicted molar refractivity (Wildman–Crippen MR) is 47.5 cm³/mol. The first-order chi connectivity index (χ1) is 5.45. The van der Waals surface area contributed by atoms with Crippen molar-refractivity contribution in [3.63, 3.8) is 0 Å². The van der Waals surface area contributed by atoms with Crippen LogP contribution < -0.4 is 0 Å². The second-order valence-corrected chi connectivity index (χ2v) is 5.02. The van der Waals surface area contributed by atoms with E-state index >= 15 is 0 Å². The zero-order valence-electron chi connectivity index (χ0n) is 7.66.